The van der Waals surface area contributed by atoms with Crippen molar-refractivity contribution in [3.63, 3.8) is 0 Å². The molecule has 1 aromatic heterocycles. The maximum Gasteiger partial charge on any atom is 0.169 e. The predicted molar refractivity (Wildman–Crippen MR) is 76.3 cm³/mol. The van der Waals surface area contributed by atoms with Crippen molar-refractivity contribution in [2.45, 2.75) is 45.2 Å². The maximum atomic E-state index is 5.41. The fourth-order valence-corrected chi connectivity index (χ4v) is 2.99. The molecule has 2 rings (SSSR count). The Morgan fingerprint density at radius 3 is 2.88 bits per heavy atom. The Labute approximate surface area is 112 Å². The Kier molecular flexibility index (Phi) is 4.34. The third-order valence-corrected chi connectivity index (χ3v) is 4.35. The largest absolute Gasteiger partial charge is 0.360 e. The molecule has 0 atom stereocenters. The van der Waals surface area contributed by atoms with Crippen LogP contribution in [0.1, 0.15) is 36.4 Å². The molecule has 0 unspecified atom stereocenters. The van der Waals surface area contributed by atoms with Crippen molar-refractivity contribution < 1.29 is 0 Å². The molecule has 0 spiro atoms. The molecule has 1 saturated carbocycles. The molecule has 5 heteroatoms. The normalized spacial score (nSPS) is 16.1. The first-order valence-corrected chi connectivity index (χ1v) is 7.36. The summed E-state index contributed by atoms with van der Waals surface area (Å²) in [7, 11) is 2.03. The summed E-state index contributed by atoms with van der Waals surface area (Å²) in [5.74, 6) is 0. The number of nitrogens with one attached hydrogen (secondary N) is 1. The maximum absolute atomic E-state index is 5.41. The average molecular weight is 269 g/mol. The van der Waals surface area contributed by atoms with Gasteiger partial charge in [0, 0.05) is 18.5 Å². The number of thiazole rings is 1. The standard InChI is InChI=1S/C12H19N3S2/c1-9-13-11(8-17-9)7-15(2)12(16)14-10-5-3-4-6-10/h8,10H,3-7H2,1-2H3,(H,14,16). The monoisotopic (exact) mass is 269 g/mol. The number of hydrogen-bond acceptors (Lipinski definition) is 3. The van der Waals surface area contributed by atoms with Gasteiger partial charge in [-0.25, -0.2) is 4.98 Å². The van der Waals surface area contributed by atoms with Crippen LogP contribution < -0.4 is 5.32 Å². The molecule has 1 heterocycles. The van der Waals surface area contributed by atoms with E-state index in [1.165, 1.54) is 25.7 Å². The van der Waals surface area contributed by atoms with E-state index in [1.54, 1.807) is 11.3 Å². The zero-order chi connectivity index (χ0) is 12.3. The van der Waals surface area contributed by atoms with Crippen LogP contribution in [0.5, 0.6) is 0 Å². The molecular formula is C12H19N3S2. The van der Waals surface area contributed by atoms with Crippen LogP contribution in [0.2, 0.25) is 0 Å². The van der Waals surface area contributed by atoms with Crippen molar-refractivity contribution in [3.8, 4) is 0 Å². The van der Waals surface area contributed by atoms with Gasteiger partial charge in [-0.1, -0.05) is 12.8 Å². The number of hydrogen-bond donors (Lipinski definition) is 1. The van der Waals surface area contributed by atoms with Crippen molar-refractivity contribution in [2.24, 2.45) is 0 Å². The molecule has 94 valence electrons. The second-order valence-corrected chi connectivity index (χ2v) is 6.09. The lowest BCUT2D eigenvalue weighted by molar-refractivity contribution is 0.466. The molecule has 17 heavy (non-hydrogen) atoms. The summed E-state index contributed by atoms with van der Waals surface area (Å²) in [6.45, 7) is 2.83. The molecular weight excluding hydrogens is 250 g/mol. The summed E-state index contributed by atoms with van der Waals surface area (Å²) in [4.78, 5) is 6.53. The Bertz CT molecular complexity index is 383. The number of aryl methyl sites for hydroxylation is 1. The second kappa shape index (κ2) is 5.78. The van der Waals surface area contributed by atoms with Gasteiger partial charge >= 0.3 is 0 Å². The van der Waals surface area contributed by atoms with Gasteiger partial charge in [-0.3, -0.25) is 0 Å². The first kappa shape index (κ1) is 12.8. The number of thiocarbonyl (C=S) groups is 1. The van der Waals surface area contributed by atoms with Gasteiger partial charge in [0.15, 0.2) is 5.11 Å². The van der Waals surface area contributed by atoms with Crippen LogP contribution in [0.15, 0.2) is 5.38 Å². The lowest BCUT2D eigenvalue weighted by Crippen LogP contribution is -2.41. The zero-order valence-electron chi connectivity index (χ0n) is 10.4. The summed E-state index contributed by atoms with van der Waals surface area (Å²) < 4.78 is 0. The second-order valence-electron chi connectivity index (χ2n) is 4.64. The van der Waals surface area contributed by atoms with E-state index < -0.39 is 0 Å². The third-order valence-electron chi connectivity index (χ3n) is 3.10. The van der Waals surface area contributed by atoms with Gasteiger partial charge in [0.1, 0.15) is 0 Å². The first-order valence-electron chi connectivity index (χ1n) is 6.08. The smallest absolute Gasteiger partial charge is 0.169 e. The van der Waals surface area contributed by atoms with E-state index in [2.05, 4.69) is 20.6 Å². The minimum Gasteiger partial charge on any atom is -0.360 e. The highest BCUT2D eigenvalue weighted by Crippen LogP contribution is 2.18. The number of aromatic nitrogens is 1. The van der Waals surface area contributed by atoms with E-state index in [4.69, 9.17) is 12.2 Å². The van der Waals surface area contributed by atoms with Gasteiger partial charge in [-0.15, -0.1) is 11.3 Å². The van der Waals surface area contributed by atoms with Crippen LogP contribution in [0.25, 0.3) is 0 Å². The van der Waals surface area contributed by atoms with Gasteiger partial charge in [0.05, 0.1) is 17.2 Å². The summed E-state index contributed by atoms with van der Waals surface area (Å²) in [5, 5.41) is 7.50. The van der Waals surface area contributed by atoms with E-state index in [0.717, 1.165) is 22.4 Å². The fraction of sp³-hybridized carbons (Fsp3) is 0.667. The van der Waals surface area contributed by atoms with Gasteiger partial charge in [0.25, 0.3) is 0 Å². The van der Waals surface area contributed by atoms with Gasteiger partial charge in [-0.05, 0) is 32.0 Å². The molecule has 0 bridgehead atoms. The van der Waals surface area contributed by atoms with Crippen LogP contribution in [0.3, 0.4) is 0 Å². The summed E-state index contributed by atoms with van der Waals surface area (Å²) in [5.41, 5.74) is 1.10. The molecule has 0 aliphatic heterocycles. The Morgan fingerprint density at radius 1 is 1.59 bits per heavy atom. The molecule has 0 aromatic carbocycles. The van der Waals surface area contributed by atoms with Crippen molar-refractivity contribution in [1.82, 2.24) is 15.2 Å². The van der Waals surface area contributed by atoms with E-state index in [9.17, 15) is 0 Å². The van der Waals surface area contributed by atoms with Crippen molar-refractivity contribution in [1.29, 1.82) is 0 Å². The Hall–Kier alpha value is -0.680. The quantitative estimate of drug-likeness (QED) is 0.854. The lowest BCUT2D eigenvalue weighted by Gasteiger charge is -2.23. The minimum atomic E-state index is 0.585. The topological polar surface area (TPSA) is 28.2 Å². The average Bonchev–Trinajstić information content (AvgIpc) is 2.90. The van der Waals surface area contributed by atoms with Crippen LogP contribution in [0.4, 0.5) is 0 Å². The molecule has 1 aliphatic rings. The van der Waals surface area contributed by atoms with E-state index >= 15 is 0 Å². The van der Waals surface area contributed by atoms with Gasteiger partial charge < -0.3 is 10.2 Å². The predicted octanol–water partition coefficient (Wildman–Crippen LogP) is 2.70. The molecule has 0 saturated heterocycles. The van der Waals surface area contributed by atoms with Crippen LogP contribution >= 0.6 is 23.6 Å². The highest BCUT2D eigenvalue weighted by atomic mass is 32.1. The van der Waals surface area contributed by atoms with E-state index in [0.29, 0.717) is 6.04 Å². The van der Waals surface area contributed by atoms with E-state index in [-0.39, 0.29) is 0 Å². The SMILES string of the molecule is Cc1nc(CN(C)C(=S)NC2CCCC2)cs1. The van der Waals surface area contributed by atoms with Crippen LogP contribution in [0, 0.1) is 6.92 Å². The fourth-order valence-electron chi connectivity index (χ4n) is 2.15. The van der Waals surface area contributed by atoms with Crippen LogP contribution in [-0.4, -0.2) is 28.1 Å². The van der Waals surface area contributed by atoms with Crippen molar-refractivity contribution in [3.05, 3.63) is 16.1 Å². The first-order chi connectivity index (χ1) is 8.15. The van der Waals surface area contributed by atoms with Crippen molar-refractivity contribution >= 4 is 28.7 Å². The molecule has 1 aromatic rings. The lowest BCUT2D eigenvalue weighted by atomic mass is 10.2. The molecule has 0 radical (unpaired) electrons. The third kappa shape index (κ3) is 3.64. The van der Waals surface area contributed by atoms with Crippen molar-refractivity contribution in [2.75, 3.05) is 7.05 Å². The summed E-state index contributed by atoms with van der Waals surface area (Å²) in [6, 6.07) is 0.585. The molecule has 1 fully saturated rings. The summed E-state index contributed by atoms with van der Waals surface area (Å²) in [6.07, 6.45) is 5.16. The highest BCUT2D eigenvalue weighted by Gasteiger charge is 2.17. The Balaban J connectivity index is 1.82. The molecule has 1 N–H and O–H groups in total. The number of rotatable bonds is 3. The zero-order valence-corrected chi connectivity index (χ0v) is 12.0. The number of nitrogens with zero attached hydrogens (tertiary/aromatic N) is 2. The minimum absolute atomic E-state index is 0.585. The molecule has 1 aliphatic carbocycles. The molecule has 3 nitrogen and oxygen atoms in total. The molecule has 0 amide bonds. The Morgan fingerprint density at radius 2 is 2.29 bits per heavy atom. The van der Waals surface area contributed by atoms with E-state index in [1.807, 2.05) is 14.0 Å². The van der Waals surface area contributed by atoms with Gasteiger partial charge in [-0.2, -0.15) is 0 Å². The highest BCUT2D eigenvalue weighted by molar-refractivity contribution is 7.80. The summed E-state index contributed by atoms with van der Waals surface area (Å²) >= 11 is 7.10. The van der Waals surface area contributed by atoms with Gasteiger partial charge in [0.2, 0.25) is 0 Å². The van der Waals surface area contributed by atoms with Crippen LogP contribution in [-0.2, 0) is 6.54 Å².